The molecule has 0 aliphatic carbocycles. The van der Waals surface area contributed by atoms with Crippen LogP contribution in [0.1, 0.15) is 27.6 Å². The van der Waals surface area contributed by atoms with Gasteiger partial charge < -0.3 is 18.6 Å². The summed E-state index contributed by atoms with van der Waals surface area (Å²) in [5.74, 6) is -1.77. The van der Waals surface area contributed by atoms with Crippen LogP contribution in [0, 0.1) is 0 Å². The number of aromatic nitrogens is 2. The van der Waals surface area contributed by atoms with Gasteiger partial charge in [0.25, 0.3) is 0 Å². The summed E-state index contributed by atoms with van der Waals surface area (Å²) in [5.41, 5.74) is 1.36. The lowest BCUT2D eigenvalue weighted by atomic mass is 10.1. The van der Waals surface area contributed by atoms with E-state index in [0.717, 1.165) is 17.2 Å². The van der Waals surface area contributed by atoms with Crippen LogP contribution in [0.3, 0.4) is 0 Å². The number of para-hydroxylation sites is 1. The summed E-state index contributed by atoms with van der Waals surface area (Å²) in [6, 6.07) is 15.9. The Hall–Kier alpha value is -2.83. The highest BCUT2D eigenvalue weighted by Gasteiger charge is 2.19. The lowest BCUT2D eigenvalue weighted by Gasteiger charge is -2.21. The maximum absolute atomic E-state index is 11.0. The van der Waals surface area contributed by atoms with Gasteiger partial charge in [0, 0.05) is 38.0 Å². The van der Waals surface area contributed by atoms with Crippen LogP contribution in [0.25, 0.3) is 0 Å². The van der Waals surface area contributed by atoms with Crippen molar-refractivity contribution in [2.45, 2.75) is 19.3 Å². The van der Waals surface area contributed by atoms with Crippen LogP contribution in [0.15, 0.2) is 79.4 Å². The minimum Gasteiger partial charge on any atom is -0.507 e. The number of aromatic hydroxyl groups is 1. The first-order valence-electron chi connectivity index (χ1n) is 10.9. The second-order valence-electron chi connectivity index (χ2n) is 7.78. The van der Waals surface area contributed by atoms with Gasteiger partial charge in [0.15, 0.2) is 0 Å². The van der Waals surface area contributed by atoms with E-state index in [4.69, 9.17) is 60.8 Å². The summed E-state index contributed by atoms with van der Waals surface area (Å²) in [5, 5.41) is 11.4. The summed E-state index contributed by atoms with van der Waals surface area (Å²) in [4.78, 5) is 15.0. The molecule has 2 N–H and O–H groups in total. The van der Waals surface area contributed by atoms with Crippen LogP contribution >= 0.6 is 46.4 Å². The molecule has 1 heterocycles. The van der Waals surface area contributed by atoms with Crippen molar-refractivity contribution < 1.29 is 31.8 Å². The second kappa shape index (κ2) is 14.0. The Morgan fingerprint density at radius 3 is 2.23 bits per heavy atom. The first-order valence-corrected chi connectivity index (χ1v) is 13.8. The first kappa shape index (κ1) is 30.7. The molecule has 0 aliphatic heterocycles. The van der Waals surface area contributed by atoms with E-state index < -0.39 is 22.1 Å². The SMILES string of the molecule is Clc1ccc(COC(Cn2ccnc2)c2ccc(Cl)cc2Cl)c(Cl)c1.O=C(OS(=O)(=O)O)c1ccccc1O. The first-order chi connectivity index (χ1) is 18.4. The average molecular weight is 634 g/mol. The van der Waals surface area contributed by atoms with Crippen LogP contribution in [0.4, 0.5) is 0 Å². The summed E-state index contributed by atoms with van der Waals surface area (Å²) >= 11 is 24.5. The molecular weight excluding hydrogens is 614 g/mol. The highest BCUT2D eigenvalue weighted by molar-refractivity contribution is 7.81. The summed E-state index contributed by atoms with van der Waals surface area (Å²) in [6.45, 7) is 0.890. The third-order valence-electron chi connectivity index (χ3n) is 5.01. The quantitative estimate of drug-likeness (QED) is 0.203. The Morgan fingerprint density at radius 2 is 1.64 bits per heavy atom. The number of benzene rings is 3. The average Bonchev–Trinajstić information content (AvgIpc) is 3.36. The topological polar surface area (TPSA) is 128 Å². The molecular formula is C25H20Cl4N2O7S. The molecule has 4 aromatic rings. The Bertz CT molecular complexity index is 1530. The number of hydrogen-bond donors (Lipinski definition) is 2. The molecule has 39 heavy (non-hydrogen) atoms. The van der Waals surface area contributed by atoms with E-state index in [1.165, 1.54) is 18.2 Å². The van der Waals surface area contributed by atoms with Gasteiger partial charge in [0.1, 0.15) is 17.4 Å². The number of imidazole rings is 1. The normalized spacial score (nSPS) is 11.8. The van der Waals surface area contributed by atoms with E-state index in [1.807, 2.05) is 22.9 Å². The van der Waals surface area contributed by atoms with Crippen LogP contribution in [0.2, 0.25) is 20.1 Å². The minimum absolute atomic E-state index is 0.286. The van der Waals surface area contributed by atoms with Gasteiger partial charge in [0.2, 0.25) is 0 Å². The van der Waals surface area contributed by atoms with Gasteiger partial charge in [0.05, 0.1) is 19.5 Å². The van der Waals surface area contributed by atoms with Crippen molar-refractivity contribution in [3.8, 4) is 5.75 Å². The largest absolute Gasteiger partial charge is 0.507 e. The van der Waals surface area contributed by atoms with Gasteiger partial charge in [-0.25, -0.2) is 9.78 Å². The van der Waals surface area contributed by atoms with Crippen molar-refractivity contribution in [1.29, 1.82) is 0 Å². The molecule has 0 fully saturated rings. The summed E-state index contributed by atoms with van der Waals surface area (Å²) in [7, 11) is -4.85. The van der Waals surface area contributed by atoms with Gasteiger partial charge >= 0.3 is 16.4 Å². The van der Waals surface area contributed by atoms with E-state index in [9.17, 15) is 13.2 Å². The standard InChI is InChI=1S/C18H14Cl4N2O.C7H6O6S/c19-13-2-1-12(16(21)7-13)10-25-18(9-24-6-5-23-11-24)15-4-3-14(20)8-17(15)22;8-6-4-2-1-3-5(6)7(9)13-14(10,11)12/h1-8,11,18H,9-10H2;1-4,8H,(H,10,11,12). The number of carbonyl (C=O) groups excluding carboxylic acids is 1. The molecule has 0 radical (unpaired) electrons. The molecule has 1 atom stereocenters. The molecule has 1 aromatic heterocycles. The Labute approximate surface area is 244 Å². The zero-order valence-electron chi connectivity index (χ0n) is 19.7. The van der Waals surface area contributed by atoms with Crippen molar-refractivity contribution in [1.82, 2.24) is 9.55 Å². The zero-order valence-corrected chi connectivity index (χ0v) is 23.6. The fraction of sp³-hybridized carbons (Fsp3) is 0.120. The number of ether oxygens (including phenoxy) is 1. The molecule has 206 valence electrons. The van der Waals surface area contributed by atoms with E-state index in [-0.39, 0.29) is 11.7 Å². The van der Waals surface area contributed by atoms with E-state index in [2.05, 4.69) is 9.17 Å². The van der Waals surface area contributed by atoms with Gasteiger partial charge in [-0.2, -0.15) is 8.42 Å². The zero-order chi connectivity index (χ0) is 28.6. The summed E-state index contributed by atoms with van der Waals surface area (Å²) < 4.78 is 40.2. The number of hydrogen-bond acceptors (Lipinski definition) is 7. The third kappa shape index (κ3) is 9.70. The molecule has 0 saturated carbocycles. The van der Waals surface area contributed by atoms with Gasteiger partial charge in [-0.1, -0.05) is 70.7 Å². The number of phenols is 1. The van der Waals surface area contributed by atoms with Gasteiger partial charge in [-0.3, -0.25) is 4.55 Å². The molecule has 4 rings (SSSR count). The Kier molecular flexibility index (Phi) is 11.0. The Balaban J connectivity index is 0.000000255. The predicted molar refractivity (Wildman–Crippen MR) is 148 cm³/mol. The number of nitrogens with zero attached hydrogens (tertiary/aromatic N) is 2. The highest BCUT2D eigenvalue weighted by Crippen LogP contribution is 2.31. The minimum atomic E-state index is -4.85. The van der Waals surface area contributed by atoms with Crippen molar-refractivity contribution in [2.75, 3.05) is 0 Å². The monoisotopic (exact) mass is 632 g/mol. The second-order valence-corrected chi connectivity index (χ2v) is 10.5. The fourth-order valence-electron chi connectivity index (χ4n) is 3.21. The molecule has 9 nitrogen and oxygen atoms in total. The smallest absolute Gasteiger partial charge is 0.449 e. The highest BCUT2D eigenvalue weighted by atomic mass is 35.5. The van der Waals surface area contributed by atoms with Crippen LogP contribution < -0.4 is 0 Å². The lowest BCUT2D eigenvalue weighted by molar-refractivity contribution is 0.0281. The Morgan fingerprint density at radius 1 is 0.974 bits per heavy atom. The molecule has 0 spiro atoms. The van der Waals surface area contributed by atoms with Crippen LogP contribution in [0.5, 0.6) is 5.75 Å². The molecule has 0 aliphatic rings. The number of rotatable bonds is 8. The predicted octanol–water partition coefficient (Wildman–Crippen LogP) is 6.81. The molecule has 0 amide bonds. The summed E-state index contributed by atoms with van der Waals surface area (Å²) in [6.07, 6.45) is 5.03. The number of phenolic OH excluding ortho intramolecular Hbond substituents is 1. The molecule has 0 saturated heterocycles. The van der Waals surface area contributed by atoms with E-state index in [1.54, 1.807) is 36.8 Å². The van der Waals surface area contributed by atoms with Crippen LogP contribution in [-0.2, 0) is 32.5 Å². The van der Waals surface area contributed by atoms with E-state index >= 15 is 0 Å². The fourth-order valence-corrected chi connectivity index (χ4v) is 4.48. The number of carbonyl (C=O) groups is 1. The van der Waals surface area contributed by atoms with Crippen molar-refractivity contribution in [3.63, 3.8) is 0 Å². The molecule has 14 heteroatoms. The third-order valence-corrected chi connectivity index (χ3v) is 6.52. The molecule has 0 bridgehead atoms. The van der Waals surface area contributed by atoms with Crippen molar-refractivity contribution in [2.24, 2.45) is 0 Å². The number of halogens is 4. The van der Waals surface area contributed by atoms with Gasteiger partial charge in [-0.05, 0) is 42.0 Å². The van der Waals surface area contributed by atoms with Crippen molar-refractivity contribution in [3.05, 3.63) is 116 Å². The van der Waals surface area contributed by atoms with E-state index in [0.29, 0.717) is 33.2 Å². The van der Waals surface area contributed by atoms with Crippen LogP contribution in [-0.4, -0.2) is 33.6 Å². The molecule has 1 unspecified atom stereocenters. The maximum Gasteiger partial charge on any atom is 0.449 e. The van der Waals surface area contributed by atoms with Gasteiger partial charge in [-0.15, -0.1) is 0 Å². The molecule has 3 aromatic carbocycles. The maximum atomic E-state index is 11.0. The lowest BCUT2D eigenvalue weighted by Crippen LogP contribution is -2.12. The van der Waals surface area contributed by atoms with Crippen molar-refractivity contribution >= 4 is 62.8 Å².